The van der Waals surface area contributed by atoms with Crippen LogP contribution in [-0.2, 0) is 4.74 Å². The van der Waals surface area contributed by atoms with Crippen molar-refractivity contribution in [3.63, 3.8) is 0 Å². The summed E-state index contributed by atoms with van der Waals surface area (Å²) in [6.07, 6.45) is 15.1. The maximum atomic E-state index is 5.81. The Bertz CT molecular complexity index is 295. The van der Waals surface area contributed by atoms with Gasteiger partial charge in [-0.2, -0.15) is 0 Å². The molecule has 0 aromatic carbocycles. The Hall–Kier alpha value is -0.560. The van der Waals surface area contributed by atoms with Crippen LogP contribution in [0.4, 0.5) is 0 Å². The third-order valence-corrected chi connectivity index (χ3v) is 4.67. The van der Waals surface area contributed by atoms with E-state index < -0.39 is 0 Å². The zero-order valence-electron chi connectivity index (χ0n) is 12.8. The molecular weight excluding hydrogens is 232 g/mol. The highest BCUT2D eigenvalue weighted by Gasteiger charge is 2.11. The normalized spacial score (nSPS) is 27.9. The fourth-order valence-corrected chi connectivity index (χ4v) is 3.00. The van der Waals surface area contributed by atoms with Crippen molar-refractivity contribution in [2.75, 3.05) is 13.2 Å². The largest absolute Gasteiger partial charge is 0.381 e. The van der Waals surface area contributed by atoms with Gasteiger partial charge in [-0.25, -0.2) is 0 Å². The van der Waals surface area contributed by atoms with E-state index in [9.17, 15) is 0 Å². The fraction of sp³-hybridized carbons (Fsp3) is 0.778. The molecule has 1 heteroatoms. The van der Waals surface area contributed by atoms with Crippen molar-refractivity contribution in [1.29, 1.82) is 0 Å². The third-order valence-electron chi connectivity index (χ3n) is 4.67. The number of hydrogen-bond acceptors (Lipinski definition) is 1. The second-order valence-corrected chi connectivity index (χ2v) is 6.60. The lowest BCUT2D eigenvalue weighted by molar-refractivity contribution is 0.138. The molecule has 2 unspecified atom stereocenters. The van der Waals surface area contributed by atoms with Gasteiger partial charge in [0.2, 0.25) is 0 Å². The van der Waals surface area contributed by atoms with Gasteiger partial charge >= 0.3 is 0 Å². The predicted octanol–water partition coefficient (Wildman–Crippen LogP) is 5.28. The Morgan fingerprint density at radius 3 is 1.74 bits per heavy atom. The Morgan fingerprint density at radius 1 is 0.895 bits per heavy atom. The first-order chi connectivity index (χ1) is 9.24. The maximum absolute atomic E-state index is 5.81. The SMILES string of the molecule is CC1CC=C(CCOCCC2=CCC(C)CC2)CC1. The van der Waals surface area contributed by atoms with E-state index in [-0.39, 0.29) is 0 Å². The van der Waals surface area contributed by atoms with Crippen LogP contribution >= 0.6 is 0 Å². The first-order valence-electron chi connectivity index (χ1n) is 8.17. The van der Waals surface area contributed by atoms with Gasteiger partial charge in [0.1, 0.15) is 0 Å². The molecule has 108 valence electrons. The first kappa shape index (κ1) is 14.8. The van der Waals surface area contributed by atoms with Crippen LogP contribution in [0.5, 0.6) is 0 Å². The topological polar surface area (TPSA) is 9.23 Å². The molecule has 0 N–H and O–H groups in total. The molecule has 0 amide bonds. The number of rotatable bonds is 6. The van der Waals surface area contributed by atoms with Gasteiger partial charge in [0.15, 0.2) is 0 Å². The van der Waals surface area contributed by atoms with Crippen LogP contribution in [0, 0.1) is 11.8 Å². The molecule has 1 nitrogen and oxygen atoms in total. The molecule has 2 aliphatic carbocycles. The lowest BCUT2D eigenvalue weighted by Crippen LogP contribution is -2.06. The maximum Gasteiger partial charge on any atom is 0.0503 e. The van der Waals surface area contributed by atoms with E-state index in [2.05, 4.69) is 26.0 Å². The van der Waals surface area contributed by atoms with Gasteiger partial charge < -0.3 is 4.74 Å². The Balaban J connectivity index is 1.53. The van der Waals surface area contributed by atoms with Gasteiger partial charge in [0.25, 0.3) is 0 Å². The van der Waals surface area contributed by atoms with Gasteiger partial charge in [0, 0.05) is 0 Å². The van der Waals surface area contributed by atoms with E-state index in [1.165, 1.54) is 38.5 Å². The second kappa shape index (κ2) is 7.89. The summed E-state index contributed by atoms with van der Waals surface area (Å²) in [4.78, 5) is 0. The van der Waals surface area contributed by atoms with Crippen LogP contribution in [0.1, 0.15) is 65.2 Å². The van der Waals surface area contributed by atoms with Crippen LogP contribution in [0.3, 0.4) is 0 Å². The molecular formula is C18H30O. The quantitative estimate of drug-likeness (QED) is 0.467. The summed E-state index contributed by atoms with van der Waals surface area (Å²) in [5.74, 6) is 1.79. The van der Waals surface area contributed by atoms with Crippen LogP contribution in [0.15, 0.2) is 23.3 Å². The average Bonchev–Trinajstić information content (AvgIpc) is 2.43. The Morgan fingerprint density at radius 2 is 1.37 bits per heavy atom. The third kappa shape index (κ3) is 5.52. The van der Waals surface area contributed by atoms with E-state index in [4.69, 9.17) is 4.74 Å². The average molecular weight is 262 g/mol. The number of hydrogen-bond donors (Lipinski definition) is 0. The summed E-state index contributed by atoms with van der Waals surface area (Å²) in [5.41, 5.74) is 3.26. The number of ether oxygens (including phenoxy) is 1. The van der Waals surface area contributed by atoms with E-state index >= 15 is 0 Å². The second-order valence-electron chi connectivity index (χ2n) is 6.60. The van der Waals surface area contributed by atoms with Crippen molar-refractivity contribution in [2.24, 2.45) is 11.8 Å². The van der Waals surface area contributed by atoms with Crippen LogP contribution in [-0.4, -0.2) is 13.2 Å². The molecule has 19 heavy (non-hydrogen) atoms. The van der Waals surface area contributed by atoms with E-state index in [0.29, 0.717) is 0 Å². The van der Waals surface area contributed by atoms with Gasteiger partial charge in [-0.1, -0.05) is 37.1 Å². The minimum Gasteiger partial charge on any atom is -0.381 e. The molecule has 0 aromatic rings. The molecule has 0 spiro atoms. The molecule has 0 bridgehead atoms. The van der Waals surface area contributed by atoms with Gasteiger partial charge in [-0.3, -0.25) is 0 Å². The van der Waals surface area contributed by atoms with Crippen molar-refractivity contribution in [3.05, 3.63) is 23.3 Å². The van der Waals surface area contributed by atoms with Crippen molar-refractivity contribution in [3.8, 4) is 0 Å². The molecule has 0 saturated carbocycles. The molecule has 0 heterocycles. The zero-order valence-corrected chi connectivity index (χ0v) is 12.8. The minimum atomic E-state index is 0.894. The summed E-state index contributed by atoms with van der Waals surface area (Å²) in [6.45, 7) is 6.54. The summed E-state index contributed by atoms with van der Waals surface area (Å²) in [7, 11) is 0. The van der Waals surface area contributed by atoms with E-state index in [1.54, 1.807) is 11.1 Å². The summed E-state index contributed by atoms with van der Waals surface area (Å²) >= 11 is 0. The molecule has 0 aliphatic heterocycles. The smallest absolute Gasteiger partial charge is 0.0503 e. The molecule has 0 fully saturated rings. The highest BCUT2D eigenvalue weighted by atomic mass is 16.5. The van der Waals surface area contributed by atoms with Crippen molar-refractivity contribution in [1.82, 2.24) is 0 Å². The molecule has 2 rings (SSSR count). The number of allylic oxidation sites excluding steroid dienone is 2. The molecule has 0 aromatic heterocycles. The summed E-state index contributed by atoms with van der Waals surface area (Å²) in [5, 5.41) is 0. The summed E-state index contributed by atoms with van der Waals surface area (Å²) < 4.78 is 5.81. The van der Waals surface area contributed by atoms with Crippen LogP contribution in [0.2, 0.25) is 0 Å². The highest BCUT2D eigenvalue weighted by molar-refractivity contribution is 5.07. The van der Waals surface area contributed by atoms with Gasteiger partial charge in [0.05, 0.1) is 13.2 Å². The standard InChI is InChI=1S/C18H30O/c1-15-3-7-17(8-4-15)11-13-19-14-12-18-9-5-16(2)6-10-18/h7,9,15-16H,3-6,8,10-14H2,1-2H3. The Kier molecular flexibility index (Phi) is 6.16. The molecule has 0 radical (unpaired) electrons. The van der Waals surface area contributed by atoms with Crippen molar-refractivity contribution >= 4 is 0 Å². The first-order valence-corrected chi connectivity index (χ1v) is 8.17. The Labute approximate surface area is 119 Å². The lowest BCUT2D eigenvalue weighted by atomic mass is 9.90. The monoisotopic (exact) mass is 262 g/mol. The van der Waals surface area contributed by atoms with E-state index in [1.807, 2.05) is 0 Å². The highest BCUT2D eigenvalue weighted by Crippen LogP contribution is 2.26. The van der Waals surface area contributed by atoms with Crippen LogP contribution < -0.4 is 0 Å². The van der Waals surface area contributed by atoms with Gasteiger partial charge in [-0.15, -0.1) is 0 Å². The zero-order chi connectivity index (χ0) is 13.5. The fourth-order valence-electron chi connectivity index (χ4n) is 3.00. The predicted molar refractivity (Wildman–Crippen MR) is 82.2 cm³/mol. The lowest BCUT2D eigenvalue weighted by Gasteiger charge is -2.19. The van der Waals surface area contributed by atoms with Crippen molar-refractivity contribution in [2.45, 2.75) is 65.2 Å². The van der Waals surface area contributed by atoms with Crippen molar-refractivity contribution < 1.29 is 4.74 Å². The molecule has 0 saturated heterocycles. The summed E-state index contributed by atoms with van der Waals surface area (Å²) in [6, 6.07) is 0. The van der Waals surface area contributed by atoms with E-state index in [0.717, 1.165) is 37.9 Å². The van der Waals surface area contributed by atoms with Gasteiger partial charge in [-0.05, 0) is 63.2 Å². The minimum absolute atomic E-state index is 0.894. The molecule has 2 aliphatic rings. The van der Waals surface area contributed by atoms with Crippen LogP contribution in [0.25, 0.3) is 0 Å². The molecule has 2 atom stereocenters.